The van der Waals surface area contributed by atoms with Gasteiger partial charge in [0.2, 0.25) is 0 Å². The van der Waals surface area contributed by atoms with Crippen molar-refractivity contribution in [1.82, 2.24) is 0 Å². The van der Waals surface area contributed by atoms with E-state index in [1.165, 1.54) is 38.1 Å². The average molecular weight is 325 g/mol. The second kappa shape index (κ2) is 5.04. The van der Waals surface area contributed by atoms with Crippen LogP contribution < -0.4 is 0 Å². The molecule has 1 rings (SSSR count). The highest BCUT2D eigenvalue weighted by molar-refractivity contribution is 9.11. The van der Waals surface area contributed by atoms with Gasteiger partial charge in [-0.05, 0) is 24.6 Å². The summed E-state index contributed by atoms with van der Waals surface area (Å²) in [6.07, 6.45) is -1.26. The molecule has 0 heterocycles. The van der Waals surface area contributed by atoms with Crippen molar-refractivity contribution in [2.45, 2.75) is 23.6 Å². The molecule has 0 aliphatic rings. The summed E-state index contributed by atoms with van der Waals surface area (Å²) in [7, 11) is -3.48. The van der Waals surface area contributed by atoms with Crippen LogP contribution in [-0.2, 0) is 9.84 Å². The molecule has 0 radical (unpaired) electrons. The highest BCUT2D eigenvalue weighted by Crippen LogP contribution is 2.38. The first-order valence-corrected chi connectivity index (χ1v) is 7.51. The van der Waals surface area contributed by atoms with Crippen LogP contribution in [0, 0.1) is 5.82 Å². The highest BCUT2D eigenvalue weighted by Gasteiger charge is 2.42. The van der Waals surface area contributed by atoms with Crippen LogP contribution in [0.1, 0.15) is 25.5 Å². The molecule has 0 saturated carbocycles. The van der Waals surface area contributed by atoms with Crippen LogP contribution in [0.4, 0.5) is 4.39 Å². The highest BCUT2D eigenvalue weighted by atomic mass is 79.9. The molecule has 96 valence electrons. The molecule has 0 unspecified atom stereocenters. The molecule has 0 spiro atoms. The van der Waals surface area contributed by atoms with Crippen LogP contribution in [0.15, 0.2) is 24.3 Å². The van der Waals surface area contributed by atoms with Crippen molar-refractivity contribution in [3.05, 3.63) is 35.6 Å². The summed E-state index contributed by atoms with van der Waals surface area (Å²) in [4.78, 5) is 0. The lowest BCUT2D eigenvalue weighted by molar-refractivity contribution is 0.167. The largest absolute Gasteiger partial charge is 0.386 e. The molecule has 6 heteroatoms. The molecule has 3 nitrogen and oxygen atoms in total. The summed E-state index contributed by atoms with van der Waals surface area (Å²) in [6.45, 7) is 2.89. The van der Waals surface area contributed by atoms with Crippen molar-refractivity contribution in [2.75, 3.05) is 5.75 Å². The maximum atomic E-state index is 12.7. The Morgan fingerprint density at radius 3 is 2.29 bits per heavy atom. The molecule has 1 N–H and O–H groups in total. The predicted octanol–water partition coefficient (Wildman–Crippen LogP) is 2.40. The SMILES string of the molecule is CCS(=O)(=O)[C@@](C)(Br)[C@@H](O)c1ccc(F)cc1. The van der Waals surface area contributed by atoms with Crippen molar-refractivity contribution < 1.29 is 17.9 Å². The van der Waals surface area contributed by atoms with E-state index in [1.54, 1.807) is 0 Å². The van der Waals surface area contributed by atoms with Gasteiger partial charge in [0.05, 0.1) is 0 Å². The molecule has 0 amide bonds. The summed E-state index contributed by atoms with van der Waals surface area (Å²) >= 11 is 3.05. The Hall–Kier alpha value is -0.460. The summed E-state index contributed by atoms with van der Waals surface area (Å²) in [5, 5.41) is 10.1. The van der Waals surface area contributed by atoms with Crippen LogP contribution in [0.5, 0.6) is 0 Å². The Morgan fingerprint density at radius 1 is 1.41 bits per heavy atom. The molecular formula is C11H14BrFO3S. The third kappa shape index (κ3) is 2.86. The van der Waals surface area contributed by atoms with Crippen molar-refractivity contribution in [1.29, 1.82) is 0 Å². The van der Waals surface area contributed by atoms with Gasteiger partial charge in [0, 0.05) is 5.75 Å². The number of aliphatic hydroxyl groups excluding tert-OH is 1. The van der Waals surface area contributed by atoms with Gasteiger partial charge in [-0.1, -0.05) is 35.0 Å². The van der Waals surface area contributed by atoms with E-state index in [1.807, 2.05) is 0 Å². The summed E-state index contributed by atoms with van der Waals surface area (Å²) in [5.41, 5.74) is 0.350. The fraction of sp³-hybridized carbons (Fsp3) is 0.455. The number of alkyl halides is 1. The van der Waals surface area contributed by atoms with Gasteiger partial charge in [-0.25, -0.2) is 12.8 Å². The zero-order valence-corrected chi connectivity index (χ0v) is 11.9. The lowest BCUT2D eigenvalue weighted by Crippen LogP contribution is -2.36. The van der Waals surface area contributed by atoms with Crippen molar-refractivity contribution in [3.8, 4) is 0 Å². The third-order valence-corrected chi connectivity index (χ3v) is 6.78. The van der Waals surface area contributed by atoms with E-state index in [0.29, 0.717) is 5.56 Å². The van der Waals surface area contributed by atoms with E-state index >= 15 is 0 Å². The van der Waals surface area contributed by atoms with Gasteiger partial charge < -0.3 is 5.11 Å². The van der Waals surface area contributed by atoms with Crippen LogP contribution in [-0.4, -0.2) is 22.9 Å². The number of hydrogen-bond donors (Lipinski definition) is 1. The van der Waals surface area contributed by atoms with Crippen LogP contribution >= 0.6 is 15.9 Å². The standard InChI is InChI=1S/C11H14BrFO3S/c1-3-17(15,16)11(2,12)10(14)8-4-6-9(13)7-5-8/h4-7,10,14H,3H2,1-2H3/t10-,11+/m0/s1. The van der Waals surface area contributed by atoms with Gasteiger partial charge in [-0.15, -0.1) is 0 Å². The van der Waals surface area contributed by atoms with Gasteiger partial charge in [-0.3, -0.25) is 0 Å². The average Bonchev–Trinajstić information content (AvgIpc) is 2.28. The lowest BCUT2D eigenvalue weighted by Gasteiger charge is -2.28. The Bertz CT molecular complexity index is 482. The number of aliphatic hydroxyl groups is 1. The number of halogens is 2. The number of benzene rings is 1. The normalized spacial score (nSPS) is 17.5. The molecule has 0 aliphatic heterocycles. The number of sulfone groups is 1. The van der Waals surface area contributed by atoms with Crippen molar-refractivity contribution in [3.63, 3.8) is 0 Å². The van der Waals surface area contributed by atoms with Crippen LogP contribution in [0.3, 0.4) is 0 Å². The minimum atomic E-state index is -3.48. The van der Waals surface area contributed by atoms with Gasteiger partial charge in [-0.2, -0.15) is 0 Å². The van der Waals surface area contributed by atoms with Crippen LogP contribution in [0.2, 0.25) is 0 Å². The van der Waals surface area contributed by atoms with Crippen LogP contribution in [0.25, 0.3) is 0 Å². The summed E-state index contributed by atoms with van der Waals surface area (Å²) < 4.78 is 34.9. The first-order valence-electron chi connectivity index (χ1n) is 5.07. The smallest absolute Gasteiger partial charge is 0.168 e. The van der Waals surface area contributed by atoms with Gasteiger partial charge in [0.25, 0.3) is 0 Å². The second-order valence-electron chi connectivity index (χ2n) is 3.84. The molecule has 0 saturated heterocycles. The van der Waals surface area contributed by atoms with Gasteiger partial charge in [0.15, 0.2) is 13.5 Å². The first kappa shape index (κ1) is 14.6. The first-order chi connectivity index (χ1) is 7.72. The number of hydrogen-bond acceptors (Lipinski definition) is 3. The zero-order chi connectivity index (χ0) is 13.3. The van der Waals surface area contributed by atoms with Gasteiger partial charge >= 0.3 is 0 Å². The van der Waals surface area contributed by atoms with E-state index in [9.17, 15) is 17.9 Å². The fourth-order valence-corrected chi connectivity index (χ4v) is 3.39. The van der Waals surface area contributed by atoms with Gasteiger partial charge in [0.1, 0.15) is 11.9 Å². The van der Waals surface area contributed by atoms with E-state index in [-0.39, 0.29) is 5.75 Å². The topological polar surface area (TPSA) is 54.4 Å². The van der Waals surface area contributed by atoms with E-state index in [0.717, 1.165) is 0 Å². The quantitative estimate of drug-likeness (QED) is 0.865. The zero-order valence-electron chi connectivity index (χ0n) is 9.52. The maximum absolute atomic E-state index is 12.7. The minimum Gasteiger partial charge on any atom is -0.386 e. The predicted molar refractivity (Wildman–Crippen MR) is 68.2 cm³/mol. The Balaban J connectivity index is 3.12. The Morgan fingerprint density at radius 2 is 1.88 bits per heavy atom. The van der Waals surface area contributed by atoms with E-state index in [4.69, 9.17) is 0 Å². The molecular weight excluding hydrogens is 311 g/mol. The van der Waals surface area contributed by atoms with Crippen molar-refractivity contribution >= 4 is 25.8 Å². The Kier molecular flexibility index (Phi) is 4.33. The molecule has 0 fully saturated rings. The van der Waals surface area contributed by atoms with E-state index in [2.05, 4.69) is 15.9 Å². The molecule has 0 aliphatic carbocycles. The summed E-state index contributed by atoms with van der Waals surface area (Å²) in [5.74, 6) is -0.525. The molecule has 1 aromatic rings. The monoisotopic (exact) mass is 324 g/mol. The molecule has 0 bridgehead atoms. The lowest BCUT2D eigenvalue weighted by atomic mass is 10.1. The molecule has 2 atom stereocenters. The number of rotatable bonds is 4. The molecule has 17 heavy (non-hydrogen) atoms. The molecule has 0 aromatic heterocycles. The second-order valence-corrected chi connectivity index (χ2v) is 8.67. The van der Waals surface area contributed by atoms with Crippen molar-refractivity contribution in [2.24, 2.45) is 0 Å². The molecule has 1 aromatic carbocycles. The Labute approximate surface area is 109 Å². The minimum absolute atomic E-state index is 0.0903. The fourth-order valence-electron chi connectivity index (χ4n) is 1.40. The maximum Gasteiger partial charge on any atom is 0.168 e. The van der Waals surface area contributed by atoms with E-state index < -0.39 is 25.4 Å². The third-order valence-electron chi connectivity index (χ3n) is 2.66. The summed E-state index contributed by atoms with van der Waals surface area (Å²) in [6, 6.07) is 5.09.